The number of methoxy groups -OCH3 is 1. The van der Waals surface area contributed by atoms with Crippen LogP contribution in [0.25, 0.3) is 0 Å². The molecule has 7 heteroatoms. The van der Waals surface area contributed by atoms with Crippen LogP contribution in [-0.2, 0) is 22.5 Å². The van der Waals surface area contributed by atoms with Crippen molar-refractivity contribution in [1.82, 2.24) is 10.4 Å². The quantitative estimate of drug-likeness (QED) is 0.488. The molecule has 2 aromatic rings. The Morgan fingerprint density at radius 3 is 2.21 bits per heavy atom. The summed E-state index contributed by atoms with van der Waals surface area (Å²) in [7, 11) is 1.63. The van der Waals surface area contributed by atoms with Gasteiger partial charge < -0.3 is 19.9 Å². The standard InChI is InChI=1S/C26H38N2O5/c1-19(2)33-28(17-21-12-14-22(31-6)15-13-21)18-24(29)23(16-20-10-8-7-9-11-20)27-25(30)32-26(3,4)5/h7-15,19,23-24,29H,16-18H2,1-6H3,(H,27,30)/t23-,24?/m0/s1. The lowest BCUT2D eigenvalue weighted by atomic mass is 10.0. The highest BCUT2D eigenvalue weighted by atomic mass is 16.7. The molecule has 33 heavy (non-hydrogen) atoms. The zero-order valence-corrected chi connectivity index (χ0v) is 20.6. The number of hydroxylamine groups is 2. The Kier molecular flexibility index (Phi) is 10.2. The van der Waals surface area contributed by atoms with Crippen LogP contribution in [0.5, 0.6) is 5.75 Å². The van der Waals surface area contributed by atoms with Gasteiger partial charge >= 0.3 is 6.09 Å². The number of nitrogens with zero attached hydrogens (tertiary/aromatic N) is 1. The maximum atomic E-state index is 12.5. The fourth-order valence-electron chi connectivity index (χ4n) is 3.32. The van der Waals surface area contributed by atoms with Gasteiger partial charge in [-0.1, -0.05) is 42.5 Å². The minimum absolute atomic E-state index is 0.0677. The highest BCUT2D eigenvalue weighted by Crippen LogP contribution is 2.16. The van der Waals surface area contributed by atoms with Crippen molar-refractivity contribution in [2.45, 2.75) is 71.4 Å². The summed E-state index contributed by atoms with van der Waals surface area (Å²) in [6.07, 6.45) is -1.07. The monoisotopic (exact) mass is 458 g/mol. The van der Waals surface area contributed by atoms with Crippen LogP contribution in [0.2, 0.25) is 0 Å². The zero-order valence-electron chi connectivity index (χ0n) is 20.6. The molecule has 0 spiro atoms. The SMILES string of the molecule is COc1ccc(CN(CC(O)[C@H](Cc2ccccc2)NC(=O)OC(C)(C)C)OC(C)C)cc1. The minimum atomic E-state index is -0.894. The second kappa shape index (κ2) is 12.6. The summed E-state index contributed by atoms with van der Waals surface area (Å²) in [4.78, 5) is 18.4. The van der Waals surface area contributed by atoms with Crippen LogP contribution >= 0.6 is 0 Å². The van der Waals surface area contributed by atoms with Crippen molar-refractivity contribution in [3.63, 3.8) is 0 Å². The number of benzene rings is 2. The van der Waals surface area contributed by atoms with Gasteiger partial charge in [0.2, 0.25) is 0 Å². The highest BCUT2D eigenvalue weighted by molar-refractivity contribution is 5.68. The number of aliphatic hydroxyl groups excluding tert-OH is 1. The van der Waals surface area contributed by atoms with Crippen molar-refractivity contribution in [2.24, 2.45) is 0 Å². The number of hydrogen-bond donors (Lipinski definition) is 2. The third kappa shape index (κ3) is 10.2. The molecule has 2 atom stereocenters. The molecular weight excluding hydrogens is 420 g/mol. The largest absolute Gasteiger partial charge is 0.497 e. The number of ether oxygens (including phenoxy) is 2. The van der Waals surface area contributed by atoms with Crippen molar-refractivity contribution in [3.8, 4) is 5.75 Å². The molecule has 2 aromatic carbocycles. The van der Waals surface area contributed by atoms with Gasteiger partial charge in [0.05, 0.1) is 31.9 Å². The summed E-state index contributed by atoms with van der Waals surface area (Å²) in [5.41, 5.74) is 1.39. The number of nitrogens with one attached hydrogen (secondary N) is 1. The Morgan fingerprint density at radius 1 is 1.03 bits per heavy atom. The molecule has 1 unspecified atom stereocenters. The molecule has 0 aromatic heterocycles. The van der Waals surface area contributed by atoms with Gasteiger partial charge in [0.1, 0.15) is 11.4 Å². The average molecular weight is 459 g/mol. The summed E-state index contributed by atoms with van der Waals surface area (Å²) < 4.78 is 10.7. The second-order valence-corrected chi connectivity index (χ2v) is 9.33. The Bertz CT molecular complexity index is 834. The highest BCUT2D eigenvalue weighted by Gasteiger charge is 2.27. The van der Waals surface area contributed by atoms with E-state index in [2.05, 4.69) is 5.32 Å². The molecule has 0 heterocycles. The Balaban J connectivity index is 2.15. The maximum Gasteiger partial charge on any atom is 0.407 e. The van der Waals surface area contributed by atoms with Gasteiger partial charge in [-0.05, 0) is 64.3 Å². The van der Waals surface area contributed by atoms with Crippen molar-refractivity contribution < 1.29 is 24.2 Å². The topological polar surface area (TPSA) is 80.3 Å². The van der Waals surface area contributed by atoms with Gasteiger partial charge in [0, 0.05) is 6.54 Å². The van der Waals surface area contributed by atoms with E-state index < -0.39 is 23.8 Å². The average Bonchev–Trinajstić information content (AvgIpc) is 2.72. The van der Waals surface area contributed by atoms with E-state index in [0.29, 0.717) is 13.0 Å². The van der Waals surface area contributed by atoms with E-state index in [1.807, 2.05) is 89.2 Å². The Morgan fingerprint density at radius 2 is 1.67 bits per heavy atom. The summed E-state index contributed by atoms with van der Waals surface area (Å²) in [5, 5.41) is 15.7. The molecule has 0 saturated carbocycles. The van der Waals surface area contributed by atoms with E-state index in [0.717, 1.165) is 16.9 Å². The molecular formula is C26H38N2O5. The van der Waals surface area contributed by atoms with Crippen LogP contribution in [0.1, 0.15) is 45.7 Å². The van der Waals surface area contributed by atoms with Gasteiger partial charge in [0.25, 0.3) is 0 Å². The predicted octanol–water partition coefficient (Wildman–Crippen LogP) is 4.33. The molecule has 0 saturated heterocycles. The molecule has 7 nitrogen and oxygen atoms in total. The first-order valence-corrected chi connectivity index (χ1v) is 11.3. The third-order valence-corrected chi connectivity index (χ3v) is 4.73. The summed E-state index contributed by atoms with van der Waals surface area (Å²) in [6.45, 7) is 9.98. The van der Waals surface area contributed by atoms with E-state index in [1.165, 1.54) is 0 Å². The van der Waals surface area contributed by atoms with Crippen LogP contribution in [0.4, 0.5) is 4.79 Å². The van der Waals surface area contributed by atoms with Crippen LogP contribution in [0.15, 0.2) is 54.6 Å². The zero-order chi connectivity index (χ0) is 24.4. The number of hydrogen-bond acceptors (Lipinski definition) is 6. The fraction of sp³-hybridized carbons (Fsp3) is 0.500. The van der Waals surface area contributed by atoms with Gasteiger partial charge in [-0.15, -0.1) is 0 Å². The number of amides is 1. The maximum absolute atomic E-state index is 12.5. The minimum Gasteiger partial charge on any atom is -0.497 e. The van der Waals surface area contributed by atoms with E-state index in [1.54, 1.807) is 12.2 Å². The molecule has 0 aliphatic rings. The molecule has 0 bridgehead atoms. The van der Waals surface area contributed by atoms with E-state index in [-0.39, 0.29) is 12.6 Å². The molecule has 0 aliphatic heterocycles. The predicted molar refractivity (Wildman–Crippen MR) is 129 cm³/mol. The second-order valence-electron chi connectivity index (χ2n) is 9.33. The number of rotatable bonds is 11. The van der Waals surface area contributed by atoms with Crippen molar-refractivity contribution in [2.75, 3.05) is 13.7 Å². The number of aliphatic hydroxyl groups is 1. The van der Waals surface area contributed by atoms with Crippen LogP contribution < -0.4 is 10.1 Å². The van der Waals surface area contributed by atoms with Crippen molar-refractivity contribution in [1.29, 1.82) is 0 Å². The van der Waals surface area contributed by atoms with Crippen molar-refractivity contribution >= 4 is 6.09 Å². The van der Waals surface area contributed by atoms with Gasteiger partial charge in [-0.25, -0.2) is 4.79 Å². The molecule has 0 fully saturated rings. The molecule has 2 rings (SSSR count). The number of carbonyl (C=O) groups excluding carboxylic acids is 1. The summed E-state index contributed by atoms with van der Waals surface area (Å²) >= 11 is 0. The lowest BCUT2D eigenvalue weighted by molar-refractivity contribution is -0.207. The first-order chi connectivity index (χ1) is 15.6. The first-order valence-electron chi connectivity index (χ1n) is 11.3. The Hall–Kier alpha value is -2.61. The molecule has 1 amide bonds. The first kappa shape index (κ1) is 26.6. The third-order valence-electron chi connectivity index (χ3n) is 4.73. The molecule has 2 N–H and O–H groups in total. The van der Waals surface area contributed by atoms with E-state index in [4.69, 9.17) is 14.3 Å². The van der Waals surface area contributed by atoms with Crippen LogP contribution in [0.3, 0.4) is 0 Å². The smallest absolute Gasteiger partial charge is 0.407 e. The number of carbonyl (C=O) groups is 1. The Labute approximate surface area is 197 Å². The van der Waals surface area contributed by atoms with Gasteiger partial charge in [0.15, 0.2) is 0 Å². The number of alkyl carbamates (subject to hydrolysis) is 1. The van der Waals surface area contributed by atoms with E-state index >= 15 is 0 Å². The lowest BCUT2D eigenvalue weighted by Crippen LogP contribution is -2.50. The lowest BCUT2D eigenvalue weighted by Gasteiger charge is -2.31. The van der Waals surface area contributed by atoms with Crippen LogP contribution in [-0.4, -0.2) is 53.8 Å². The van der Waals surface area contributed by atoms with Crippen LogP contribution in [0, 0.1) is 0 Å². The summed E-state index contributed by atoms with van der Waals surface area (Å²) in [6, 6.07) is 16.9. The molecule has 182 valence electrons. The van der Waals surface area contributed by atoms with Gasteiger partial charge in [-0.2, -0.15) is 5.06 Å². The van der Waals surface area contributed by atoms with Gasteiger partial charge in [-0.3, -0.25) is 4.84 Å². The molecule has 0 radical (unpaired) electrons. The summed E-state index contributed by atoms with van der Waals surface area (Å²) in [5.74, 6) is 0.777. The fourth-order valence-corrected chi connectivity index (χ4v) is 3.32. The van der Waals surface area contributed by atoms with E-state index in [9.17, 15) is 9.90 Å². The molecule has 0 aliphatic carbocycles. The van der Waals surface area contributed by atoms with Crippen molar-refractivity contribution in [3.05, 3.63) is 65.7 Å². The normalized spacial score (nSPS) is 13.6.